The molecule has 0 radical (unpaired) electrons. The fourth-order valence-corrected chi connectivity index (χ4v) is 6.03. The molecule has 6 nitrogen and oxygen atoms in total. The number of amides is 1. The second-order valence-electron chi connectivity index (χ2n) is 7.63. The van der Waals surface area contributed by atoms with Gasteiger partial charge in [0.2, 0.25) is 5.91 Å². The third-order valence-electron chi connectivity index (χ3n) is 5.06. The molecule has 4 rings (SSSR count). The van der Waals surface area contributed by atoms with E-state index in [2.05, 4.69) is 10.3 Å². The van der Waals surface area contributed by atoms with E-state index >= 15 is 0 Å². The first-order valence-electron chi connectivity index (χ1n) is 10.4. The number of aromatic nitrogens is 2. The van der Waals surface area contributed by atoms with Gasteiger partial charge in [-0.15, -0.1) is 0 Å². The van der Waals surface area contributed by atoms with Crippen LogP contribution in [-0.2, 0) is 14.8 Å². The maximum Gasteiger partial charge on any atom is 0.270 e. The van der Waals surface area contributed by atoms with Crippen molar-refractivity contribution in [3.05, 3.63) is 95.6 Å². The highest BCUT2D eigenvalue weighted by atomic mass is 35.5. The zero-order valence-electron chi connectivity index (χ0n) is 18.5. The predicted octanol–water partition coefficient (Wildman–Crippen LogP) is 5.87. The molecule has 1 N–H and O–H groups in total. The quantitative estimate of drug-likeness (QED) is 0.314. The number of benzene rings is 3. The number of halogens is 1. The van der Waals surface area contributed by atoms with Crippen molar-refractivity contribution in [2.24, 2.45) is 0 Å². The molecule has 9 heteroatoms. The summed E-state index contributed by atoms with van der Waals surface area (Å²) in [5.41, 5.74) is 2.64. The number of hydrogen-bond donors (Lipinski definition) is 1. The summed E-state index contributed by atoms with van der Waals surface area (Å²) in [6.07, 6.45) is 1.52. The average molecular weight is 512 g/mol. The van der Waals surface area contributed by atoms with Crippen LogP contribution in [-0.4, -0.2) is 28.5 Å². The molecule has 0 fully saturated rings. The van der Waals surface area contributed by atoms with Crippen LogP contribution in [0.4, 0.5) is 5.69 Å². The fourth-order valence-electron chi connectivity index (χ4n) is 3.27. The molecule has 0 aliphatic heterocycles. The number of imidazole rings is 1. The fraction of sp³-hybridized carbons (Fsp3) is 0.120. The summed E-state index contributed by atoms with van der Waals surface area (Å²) in [6, 6.07) is 22.6. The van der Waals surface area contributed by atoms with Crippen LogP contribution in [0.15, 0.2) is 95.1 Å². The van der Waals surface area contributed by atoms with Crippen molar-refractivity contribution in [1.82, 2.24) is 8.96 Å². The van der Waals surface area contributed by atoms with Gasteiger partial charge in [-0.2, -0.15) is 0 Å². The molecule has 1 atom stereocenters. The Morgan fingerprint density at radius 2 is 1.74 bits per heavy atom. The molecule has 34 heavy (non-hydrogen) atoms. The lowest BCUT2D eigenvalue weighted by Crippen LogP contribution is -2.24. The van der Waals surface area contributed by atoms with Crippen LogP contribution in [0.3, 0.4) is 0 Å². The van der Waals surface area contributed by atoms with E-state index in [-0.39, 0.29) is 16.0 Å². The highest BCUT2D eigenvalue weighted by Gasteiger charge is 2.28. The van der Waals surface area contributed by atoms with Crippen LogP contribution in [0.5, 0.6) is 0 Å². The van der Waals surface area contributed by atoms with E-state index in [0.717, 1.165) is 17.3 Å². The van der Waals surface area contributed by atoms with E-state index in [1.54, 1.807) is 55.5 Å². The molecule has 0 saturated heterocycles. The Bertz CT molecular complexity index is 1420. The smallest absolute Gasteiger partial charge is 0.270 e. The van der Waals surface area contributed by atoms with E-state index in [1.807, 2.05) is 37.3 Å². The molecule has 0 aliphatic rings. The maximum absolute atomic E-state index is 13.7. The largest absolute Gasteiger partial charge is 0.325 e. The van der Waals surface area contributed by atoms with Gasteiger partial charge in [-0.1, -0.05) is 77.5 Å². The number of nitrogens with one attached hydrogen (secondary N) is 1. The van der Waals surface area contributed by atoms with E-state index in [1.165, 1.54) is 10.2 Å². The van der Waals surface area contributed by atoms with Crippen LogP contribution in [0, 0.1) is 6.92 Å². The Kier molecular flexibility index (Phi) is 7.11. The second-order valence-corrected chi connectivity index (χ2v) is 11.2. The molecule has 3 aromatic carbocycles. The van der Waals surface area contributed by atoms with Crippen molar-refractivity contribution < 1.29 is 13.2 Å². The number of thioether (sulfide) groups is 1. The third kappa shape index (κ3) is 5.19. The number of carbonyl (C=O) groups excluding carboxylic acids is 1. The van der Waals surface area contributed by atoms with Gasteiger partial charge in [0.25, 0.3) is 10.0 Å². The van der Waals surface area contributed by atoms with E-state index in [4.69, 9.17) is 11.6 Å². The Morgan fingerprint density at radius 1 is 1.03 bits per heavy atom. The lowest BCUT2D eigenvalue weighted by Gasteiger charge is -2.16. The normalized spacial score (nSPS) is 12.3. The van der Waals surface area contributed by atoms with Gasteiger partial charge in [-0.3, -0.25) is 4.79 Å². The van der Waals surface area contributed by atoms with Crippen molar-refractivity contribution >= 4 is 45.0 Å². The summed E-state index contributed by atoms with van der Waals surface area (Å²) in [5.74, 6) is -0.296. The number of carbonyl (C=O) groups is 1. The predicted molar refractivity (Wildman–Crippen MR) is 137 cm³/mol. The highest BCUT2D eigenvalue weighted by Crippen LogP contribution is 2.33. The Labute approximate surface area is 208 Å². The van der Waals surface area contributed by atoms with Crippen LogP contribution in [0.2, 0.25) is 5.02 Å². The topological polar surface area (TPSA) is 81.1 Å². The Balaban J connectivity index is 1.71. The molecule has 174 valence electrons. The first-order valence-corrected chi connectivity index (χ1v) is 13.1. The first kappa shape index (κ1) is 24.1. The summed E-state index contributed by atoms with van der Waals surface area (Å²) in [4.78, 5) is 17.3. The van der Waals surface area contributed by atoms with Gasteiger partial charge < -0.3 is 5.32 Å². The summed E-state index contributed by atoms with van der Waals surface area (Å²) in [6.45, 7) is 3.59. The third-order valence-corrected chi connectivity index (χ3v) is 8.20. The zero-order chi connectivity index (χ0) is 24.3. The van der Waals surface area contributed by atoms with Gasteiger partial charge in [0, 0.05) is 16.3 Å². The van der Waals surface area contributed by atoms with Crippen molar-refractivity contribution in [2.45, 2.75) is 29.1 Å². The first-order chi connectivity index (χ1) is 16.3. The molecule has 1 unspecified atom stereocenters. The number of hydrogen-bond acceptors (Lipinski definition) is 5. The monoisotopic (exact) mass is 511 g/mol. The highest BCUT2D eigenvalue weighted by molar-refractivity contribution is 8.01. The molecule has 4 aromatic rings. The SMILES string of the molecule is Cc1ccc(S(=O)(=O)n2c(-c3ccccc3)cnc2SC(C)C(=O)Nc2cccc(Cl)c2)cc1. The maximum atomic E-state index is 13.7. The summed E-state index contributed by atoms with van der Waals surface area (Å²) < 4.78 is 28.6. The molecular formula is C25H22ClN3O3S2. The molecule has 0 spiro atoms. The summed E-state index contributed by atoms with van der Waals surface area (Å²) in [5, 5.41) is 2.89. The lowest BCUT2D eigenvalue weighted by molar-refractivity contribution is -0.115. The average Bonchev–Trinajstić information content (AvgIpc) is 3.24. The standard InChI is InChI=1S/C25H22ClN3O3S2/c1-17-11-13-22(14-12-17)34(31,32)29-23(19-7-4-3-5-8-19)16-27-25(29)33-18(2)24(30)28-21-10-6-9-20(26)15-21/h3-16,18H,1-2H3,(H,28,30). The van der Waals surface area contributed by atoms with Crippen LogP contribution in [0.1, 0.15) is 12.5 Å². The minimum Gasteiger partial charge on any atom is -0.325 e. The zero-order valence-corrected chi connectivity index (χ0v) is 20.9. The Morgan fingerprint density at radius 3 is 2.41 bits per heavy atom. The van der Waals surface area contributed by atoms with Gasteiger partial charge in [0.05, 0.1) is 22.0 Å². The van der Waals surface area contributed by atoms with Gasteiger partial charge >= 0.3 is 0 Å². The number of rotatable bonds is 7. The molecule has 0 bridgehead atoms. The Hall–Kier alpha value is -3.07. The number of aryl methyl sites for hydroxylation is 1. The van der Waals surface area contributed by atoms with Gasteiger partial charge in [0.1, 0.15) is 0 Å². The minimum atomic E-state index is -3.97. The lowest BCUT2D eigenvalue weighted by atomic mass is 10.2. The summed E-state index contributed by atoms with van der Waals surface area (Å²) in [7, 11) is -3.97. The second kappa shape index (κ2) is 10.0. The minimum absolute atomic E-state index is 0.145. The molecule has 1 heterocycles. The molecule has 1 amide bonds. The van der Waals surface area contributed by atoms with E-state index < -0.39 is 15.3 Å². The molecule has 1 aromatic heterocycles. The number of nitrogens with zero attached hydrogens (tertiary/aromatic N) is 2. The van der Waals surface area contributed by atoms with E-state index in [9.17, 15) is 13.2 Å². The van der Waals surface area contributed by atoms with E-state index in [0.29, 0.717) is 22.0 Å². The van der Waals surface area contributed by atoms with Crippen molar-refractivity contribution in [1.29, 1.82) is 0 Å². The van der Waals surface area contributed by atoms with Crippen LogP contribution < -0.4 is 5.32 Å². The van der Waals surface area contributed by atoms with Gasteiger partial charge in [-0.25, -0.2) is 17.4 Å². The molecular weight excluding hydrogens is 490 g/mol. The number of anilines is 1. The van der Waals surface area contributed by atoms with Crippen molar-refractivity contribution in [3.8, 4) is 11.3 Å². The molecule has 0 aliphatic carbocycles. The van der Waals surface area contributed by atoms with Crippen molar-refractivity contribution in [2.75, 3.05) is 5.32 Å². The van der Waals surface area contributed by atoms with Crippen LogP contribution in [0.25, 0.3) is 11.3 Å². The van der Waals surface area contributed by atoms with Gasteiger partial charge in [0.15, 0.2) is 5.16 Å². The summed E-state index contributed by atoms with van der Waals surface area (Å²) >= 11 is 7.07. The van der Waals surface area contributed by atoms with Crippen LogP contribution >= 0.6 is 23.4 Å². The van der Waals surface area contributed by atoms with Gasteiger partial charge in [-0.05, 0) is 44.2 Å². The van der Waals surface area contributed by atoms with Crippen molar-refractivity contribution in [3.63, 3.8) is 0 Å². The molecule has 0 saturated carbocycles.